The SMILES string of the molecule is CCN(CC)CCN(C(=O)/C=C/c1ccccc1)c1nc2ccc(OC)cc2s1. The highest BCUT2D eigenvalue weighted by Crippen LogP contribution is 2.31. The molecule has 1 aromatic heterocycles. The molecule has 0 saturated carbocycles. The molecule has 5 nitrogen and oxygen atoms in total. The Morgan fingerprint density at radius 2 is 1.86 bits per heavy atom. The quantitative estimate of drug-likeness (QED) is 0.481. The summed E-state index contributed by atoms with van der Waals surface area (Å²) >= 11 is 1.51. The number of amides is 1. The highest BCUT2D eigenvalue weighted by atomic mass is 32.1. The topological polar surface area (TPSA) is 45.7 Å². The minimum absolute atomic E-state index is 0.0629. The van der Waals surface area contributed by atoms with E-state index in [1.807, 2.05) is 54.6 Å². The van der Waals surface area contributed by atoms with E-state index in [9.17, 15) is 4.79 Å². The Kier molecular flexibility index (Phi) is 7.38. The van der Waals surface area contributed by atoms with Crippen molar-refractivity contribution in [1.82, 2.24) is 9.88 Å². The van der Waals surface area contributed by atoms with Crippen molar-refractivity contribution in [2.24, 2.45) is 0 Å². The van der Waals surface area contributed by atoms with Gasteiger partial charge in [0.2, 0.25) is 0 Å². The molecule has 0 spiro atoms. The van der Waals surface area contributed by atoms with E-state index < -0.39 is 0 Å². The standard InChI is InChI=1S/C23H27N3O2S/c1-4-25(5-2)15-16-26(22(27)14-11-18-9-7-6-8-10-18)23-24-20-13-12-19(28-3)17-21(20)29-23/h6-14,17H,4-5,15-16H2,1-3H3/b14-11+. The molecule has 29 heavy (non-hydrogen) atoms. The van der Waals surface area contributed by atoms with Crippen molar-refractivity contribution in [3.63, 3.8) is 0 Å². The summed E-state index contributed by atoms with van der Waals surface area (Å²) in [6.45, 7) is 7.57. The lowest BCUT2D eigenvalue weighted by molar-refractivity contribution is -0.114. The van der Waals surface area contributed by atoms with Gasteiger partial charge in [-0.15, -0.1) is 0 Å². The van der Waals surface area contributed by atoms with Gasteiger partial charge >= 0.3 is 0 Å². The number of hydrogen-bond donors (Lipinski definition) is 0. The first kappa shape index (κ1) is 21.0. The van der Waals surface area contributed by atoms with Crippen LogP contribution < -0.4 is 9.64 Å². The van der Waals surface area contributed by atoms with Crippen LogP contribution in [0.5, 0.6) is 5.75 Å². The van der Waals surface area contributed by atoms with Crippen LogP contribution in [0.25, 0.3) is 16.3 Å². The van der Waals surface area contributed by atoms with Crippen LogP contribution in [0.3, 0.4) is 0 Å². The van der Waals surface area contributed by atoms with Gasteiger partial charge in [-0.3, -0.25) is 9.69 Å². The third-order valence-corrected chi connectivity index (χ3v) is 5.87. The molecule has 0 radical (unpaired) electrons. The third kappa shape index (κ3) is 5.43. The lowest BCUT2D eigenvalue weighted by Gasteiger charge is -2.23. The van der Waals surface area contributed by atoms with Crippen LogP contribution in [0.2, 0.25) is 0 Å². The van der Waals surface area contributed by atoms with Crippen molar-refractivity contribution < 1.29 is 9.53 Å². The van der Waals surface area contributed by atoms with E-state index in [-0.39, 0.29) is 5.91 Å². The van der Waals surface area contributed by atoms with E-state index in [2.05, 4.69) is 18.7 Å². The van der Waals surface area contributed by atoms with Crippen molar-refractivity contribution in [3.05, 3.63) is 60.2 Å². The van der Waals surface area contributed by atoms with Gasteiger partial charge in [0.15, 0.2) is 5.13 Å². The second-order valence-corrected chi connectivity index (χ2v) is 7.60. The molecule has 0 bridgehead atoms. The fourth-order valence-electron chi connectivity index (χ4n) is 3.04. The van der Waals surface area contributed by atoms with Crippen LogP contribution in [-0.2, 0) is 4.79 Å². The van der Waals surface area contributed by atoms with Crippen molar-refractivity contribution in [2.75, 3.05) is 38.2 Å². The number of methoxy groups -OCH3 is 1. The minimum Gasteiger partial charge on any atom is -0.497 e. The summed E-state index contributed by atoms with van der Waals surface area (Å²) < 4.78 is 6.32. The first-order valence-corrected chi connectivity index (χ1v) is 10.7. The van der Waals surface area contributed by atoms with Crippen LogP contribution in [0.1, 0.15) is 19.4 Å². The van der Waals surface area contributed by atoms with Crippen LogP contribution >= 0.6 is 11.3 Å². The number of ether oxygens (including phenoxy) is 1. The predicted octanol–water partition coefficient (Wildman–Crippen LogP) is 4.69. The summed E-state index contributed by atoms with van der Waals surface area (Å²) in [4.78, 5) is 21.9. The lowest BCUT2D eigenvalue weighted by atomic mass is 10.2. The van der Waals surface area contributed by atoms with Gasteiger partial charge in [0.25, 0.3) is 5.91 Å². The largest absolute Gasteiger partial charge is 0.497 e. The molecule has 0 atom stereocenters. The van der Waals surface area contributed by atoms with Gasteiger partial charge in [0.05, 0.1) is 17.3 Å². The van der Waals surface area contributed by atoms with E-state index >= 15 is 0 Å². The van der Waals surface area contributed by atoms with Crippen LogP contribution in [-0.4, -0.2) is 49.1 Å². The van der Waals surface area contributed by atoms with Gasteiger partial charge in [-0.2, -0.15) is 0 Å². The van der Waals surface area contributed by atoms with Crippen molar-refractivity contribution in [3.8, 4) is 5.75 Å². The monoisotopic (exact) mass is 409 g/mol. The number of anilines is 1. The Bertz CT molecular complexity index is 965. The summed E-state index contributed by atoms with van der Waals surface area (Å²) in [7, 11) is 1.65. The Labute approximate surface area is 176 Å². The Morgan fingerprint density at radius 3 is 2.55 bits per heavy atom. The Hall–Kier alpha value is -2.70. The molecule has 0 aliphatic heterocycles. The summed E-state index contributed by atoms with van der Waals surface area (Å²) in [5, 5.41) is 0.711. The summed E-state index contributed by atoms with van der Waals surface area (Å²) in [5.41, 5.74) is 1.87. The van der Waals surface area contributed by atoms with Gasteiger partial charge < -0.3 is 9.64 Å². The first-order chi connectivity index (χ1) is 14.1. The molecule has 0 fully saturated rings. The highest BCUT2D eigenvalue weighted by molar-refractivity contribution is 7.22. The van der Waals surface area contributed by atoms with E-state index in [4.69, 9.17) is 9.72 Å². The van der Waals surface area contributed by atoms with Gasteiger partial charge in [0.1, 0.15) is 5.75 Å². The molecule has 0 unspecified atom stereocenters. The molecular weight excluding hydrogens is 382 g/mol. The van der Waals surface area contributed by atoms with Crippen molar-refractivity contribution >= 4 is 38.7 Å². The maximum Gasteiger partial charge on any atom is 0.252 e. The average molecular weight is 410 g/mol. The number of aromatic nitrogens is 1. The molecular formula is C23H27N3O2S. The molecule has 1 amide bonds. The maximum atomic E-state index is 13.1. The molecule has 3 rings (SSSR count). The molecule has 0 aliphatic rings. The van der Waals surface area contributed by atoms with Crippen LogP contribution in [0.4, 0.5) is 5.13 Å². The number of carbonyl (C=O) groups excluding carboxylic acids is 1. The van der Waals surface area contributed by atoms with Gasteiger partial charge in [0, 0.05) is 19.2 Å². The normalized spacial score (nSPS) is 11.4. The molecule has 152 valence electrons. The first-order valence-electron chi connectivity index (χ1n) is 9.86. The zero-order chi connectivity index (χ0) is 20.6. The van der Waals surface area contributed by atoms with Crippen molar-refractivity contribution in [2.45, 2.75) is 13.8 Å². The number of rotatable bonds is 9. The summed E-state index contributed by atoms with van der Waals surface area (Å²) in [6, 6.07) is 15.6. The minimum atomic E-state index is -0.0629. The number of benzene rings is 2. The van der Waals surface area contributed by atoms with Gasteiger partial charge in [-0.25, -0.2) is 4.98 Å². The Morgan fingerprint density at radius 1 is 1.10 bits per heavy atom. The summed E-state index contributed by atoms with van der Waals surface area (Å²) in [5.74, 6) is 0.727. The maximum absolute atomic E-state index is 13.1. The second-order valence-electron chi connectivity index (χ2n) is 6.59. The molecule has 6 heteroatoms. The molecule has 1 heterocycles. The van der Waals surface area contributed by atoms with Gasteiger partial charge in [-0.1, -0.05) is 55.5 Å². The van der Waals surface area contributed by atoms with E-state index in [1.54, 1.807) is 18.1 Å². The number of likely N-dealkylation sites (N-methyl/N-ethyl adjacent to an activating group) is 1. The zero-order valence-corrected chi connectivity index (χ0v) is 18.0. The number of hydrogen-bond acceptors (Lipinski definition) is 5. The van der Waals surface area contributed by atoms with Crippen LogP contribution in [0.15, 0.2) is 54.6 Å². The highest BCUT2D eigenvalue weighted by Gasteiger charge is 2.19. The number of carbonyl (C=O) groups is 1. The van der Waals surface area contributed by atoms with Gasteiger partial charge in [-0.05, 0) is 42.9 Å². The Balaban J connectivity index is 1.87. The predicted molar refractivity (Wildman–Crippen MR) is 122 cm³/mol. The third-order valence-electron chi connectivity index (χ3n) is 4.83. The molecule has 0 N–H and O–H groups in total. The fourth-order valence-corrected chi connectivity index (χ4v) is 4.06. The zero-order valence-electron chi connectivity index (χ0n) is 17.2. The fraction of sp³-hybridized carbons (Fsp3) is 0.304. The lowest BCUT2D eigenvalue weighted by Crippen LogP contribution is -2.38. The molecule has 2 aromatic carbocycles. The van der Waals surface area contributed by atoms with E-state index in [0.29, 0.717) is 11.7 Å². The number of fused-ring (bicyclic) bond motifs is 1. The van der Waals surface area contributed by atoms with Crippen molar-refractivity contribution in [1.29, 1.82) is 0 Å². The summed E-state index contributed by atoms with van der Waals surface area (Å²) in [6.07, 6.45) is 3.48. The molecule has 0 aliphatic carbocycles. The van der Waals surface area contributed by atoms with Crippen LogP contribution in [0, 0.1) is 0 Å². The van der Waals surface area contributed by atoms with E-state index in [1.165, 1.54) is 11.3 Å². The average Bonchev–Trinajstić information content (AvgIpc) is 3.18. The molecule has 3 aromatic rings. The number of nitrogens with zero attached hydrogens (tertiary/aromatic N) is 3. The van der Waals surface area contributed by atoms with E-state index in [0.717, 1.165) is 41.2 Å². The molecule has 0 saturated heterocycles. The smallest absolute Gasteiger partial charge is 0.252 e. The second kappa shape index (κ2) is 10.2. The number of thiazole rings is 1.